The second-order valence-electron chi connectivity index (χ2n) is 2.25. The minimum Gasteiger partial charge on any atom is -0.368 e. The van der Waals surface area contributed by atoms with Crippen molar-refractivity contribution in [2.24, 2.45) is 0 Å². The van der Waals surface area contributed by atoms with Crippen molar-refractivity contribution in [3.05, 3.63) is 0 Å². The summed E-state index contributed by atoms with van der Waals surface area (Å²) < 4.78 is 0. The molecule has 0 fully saturated rings. The molecule has 0 saturated carbocycles. The molecule has 1 aromatic rings. The largest absolute Gasteiger partial charge is 0.368 e. The summed E-state index contributed by atoms with van der Waals surface area (Å²) in [5.41, 5.74) is 5.36. The maximum atomic E-state index is 5.36. The number of nitrogens with two attached hydrogens (primary N) is 1. The summed E-state index contributed by atoms with van der Waals surface area (Å²) in [6.07, 6.45) is 2.36. The molecule has 3 N–H and O–H groups in total. The van der Waals surface area contributed by atoms with Crippen molar-refractivity contribution in [3.8, 4) is 0 Å². The van der Waals surface area contributed by atoms with Gasteiger partial charge in [-0.3, -0.25) is 0 Å². The quantitative estimate of drug-likeness (QED) is 0.474. The number of halogens is 1. The van der Waals surface area contributed by atoms with Gasteiger partial charge in [-0.2, -0.15) is 4.98 Å². The van der Waals surface area contributed by atoms with Crippen LogP contribution in [0.15, 0.2) is 5.16 Å². The Morgan fingerprint density at radius 3 is 2.92 bits per heavy atom. The number of unbranched alkanes of at least 4 members (excludes halogenated alkanes) is 1. The summed E-state index contributed by atoms with van der Waals surface area (Å²) in [6.45, 7) is 0. The Balaban J connectivity index is 2.15. The summed E-state index contributed by atoms with van der Waals surface area (Å²) in [7, 11) is 0. The van der Waals surface area contributed by atoms with Gasteiger partial charge >= 0.3 is 0 Å². The molecule has 68 valence electrons. The molecule has 0 amide bonds. The van der Waals surface area contributed by atoms with Crippen molar-refractivity contribution < 1.29 is 0 Å². The maximum Gasteiger partial charge on any atom is 0.216 e. The topological polar surface area (TPSA) is 67.6 Å². The van der Waals surface area contributed by atoms with Crippen LogP contribution in [-0.2, 0) is 0 Å². The van der Waals surface area contributed by atoms with E-state index in [1.54, 1.807) is 11.8 Å². The van der Waals surface area contributed by atoms with Gasteiger partial charge in [-0.1, -0.05) is 27.7 Å². The molecule has 0 bridgehead atoms. The molecule has 1 heterocycles. The van der Waals surface area contributed by atoms with Crippen LogP contribution in [0.25, 0.3) is 0 Å². The van der Waals surface area contributed by atoms with Gasteiger partial charge in [0.1, 0.15) is 0 Å². The van der Waals surface area contributed by atoms with Gasteiger partial charge in [0.25, 0.3) is 0 Å². The van der Waals surface area contributed by atoms with Crippen LogP contribution in [0.3, 0.4) is 0 Å². The molecule has 0 aliphatic carbocycles. The second kappa shape index (κ2) is 5.42. The van der Waals surface area contributed by atoms with E-state index in [1.165, 1.54) is 12.8 Å². The van der Waals surface area contributed by atoms with Crippen LogP contribution >= 0.6 is 27.7 Å². The summed E-state index contributed by atoms with van der Waals surface area (Å²) in [5.74, 6) is 1.43. The molecule has 1 rings (SSSR count). The summed E-state index contributed by atoms with van der Waals surface area (Å²) in [6, 6.07) is 0. The molecule has 12 heavy (non-hydrogen) atoms. The van der Waals surface area contributed by atoms with Gasteiger partial charge in [0.2, 0.25) is 11.1 Å². The second-order valence-corrected chi connectivity index (χ2v) is 4.10. The molecule has 4 nitrogen and oxygen atoms in total. The molecule has 0 aliphatic heterocycles. The third-order valence-corrected chi connectivity index (χ3v) is 2.74. The van der Waals surface area contributed by atoms with Crippen LogP contribution < -0.4 is 5.73 Å². The Labute approximate surface area is 83.8 Å². The van der Waals surface area contributed by atoms with Crippen LogP contribution in [0.5, 0.6) is 0 Å². The highest BCUT2D eigenvalue weighted by atomic mass is 79.9. The van der Waals surface area contributed by atoms with Crippen molar-refractivity contribution in [3.63, 3.8) is 0 Å². The smallest absolute Gasteiger partial charge is 0.216 e. The Bertz CT molecular complexity index is 227. The zero-order valence-corrected chi connectivity index (χ0v) is 8.99. The van der Waals surface area contributed by atoms with E-state index in [0.29, 0.717) is 5.95 Å². The van der Waals surface area contributed by atoms with Gasteiger partial charge < -0.3 is 5.73 Å². The van der Waals surface area contributed by atoms with E-state index in [0.717, 1.165) is 16.2 Å². The minimum atomic E-state index is 0.387. The van der Waals surface area contributed by atoms with Gasteiger partial charge in [0.05, 0.1) is 0 Å². The van der Waals surface area contributed by atoms with Gasteiger partial charge in [0.15, 0.2) is 0 Å². The van der Waals surface area contributed by atoms with Crippen LogP contribution in [0.4, 0.5) is 5.95 Å². The fourth-order valence-electron chi connectivity index (χ4n) is 0.683. The zero-order valence-electron chi connectivity index (χ0n) is 6.59. The molecule has 1 aromatic heterocycles. The van der Waals surface area contributed by atoms with Crippen LogP contribution in [0.1, 0.15) is 12.8 Å². The lowest BCUT2D eigenvalue weighted by Gasteiger charge is -1.93. The number of alkyl halides is 1. The first-order valence-corrected chi connectivity index (χ1v) is 5.80. The molecular weight excluding hydrogens is 240 g/mol. The van der Waals surface area contributed by atoms with Crippen molar-refractivity contribution in [2.75, 3.05) is 16.8 Å². The first-order valence-electron chi connectivity index (χ1n) is 3.69. The predicted octanol–water partition coefficient (Wildman–Crippen LogP) is 1.65. The first-order chi connectivity index (χ1) is 5.83. The molecule has 0 aromatic carbocycles. The first kappa shape index (κ1) is 9.85. The normalized spacial score (nSPS) is 10.4. The van der Waals surface area contributed by atoms with E-state index in [2.05, 4.69) is 31.1 Å². The summed E-state index contributed by atoms with van der Waals surface area (Å²) in [5, 5.41) is 8.30. The number of rotatable bonds is 5. The molecule has 0 radical (unpaired) electrons. The predicted molar refractivity (Wildman–Crippen MR) is 54.5 cm³/mol. The Kier molecular flexibility index (Phi) is 4.45. The lowest BCUT2D eigenvalue weighted by Crippen LogP contribution is -1.85. The fourth-order valence-corrected chi connectivity index (χ4v) is 1.88. The van der Waals surface area contributed by atoms with Crippen LogP contribution in [-0.4, -0.2) is 26.3 Å². The highest BCUT2D eigenvalue weighted by molar-refractivity contribution is 9.09. The Morgan fingerprint density at radius 1 is 1.50 bits per heavy atom. The zero-order chi connectivity index (χ0) is 8.81. The molecule has 0 spiro atoms. The van der Waals surface area contributed by atoms with Crippen LogP contribution in [0.2, 0.25) is 0 Å². The number of hydrogen-bond acceptors (Lipinski definition) is 4. The van der Waals surface area contributed by atoms with Crippen molar-refractivity contribution in [1.29, 1.82) is 0 Å². The number of anilines is 1. The van der Waals surface area contributed by atoms with E-state index < -0.39 is 0 Å². The van der Waals surface area contributed by atoms with E-state index in [1.807, 2.05) is 0 Å². The van der Waals surface area contributed by atoms with E-state index >= 15 is 0 Å². The number of nitrogens with zero attached hydrogens (tertiary/aromatic N) is 2. The third kappa shape index (κ3) is 3.44. The monoisotopic (exact) mass is 250 g/mol. The number of thioether (sulfide) groups is 1. The Morgan fingerprint density at radius 2 is 2.33 bits per heavy atom. The Hall–Kier alpha value is -0.230. The molecule has 6 heteroatoms. The number of nitrogens with one attached hydrogen (secondary N) is 1. The van der Waals surface area contributed by atoms with Crippen molar-refractivity contribution in [2.45, 2.75) is 18.0 Å². The van der Waals surface area contributed by atoms with Crippen LogP contribution in [0, 0.1) is 0 Å². The fraction of sp³-hybridized carbons (Fsp3) is 0.667. The highest BCUT2D eigenvalue weighted by Gasteiger charge is 1.99. The highest BCUT2D eigenvalue weighted by Crippen LogP contribution is 2.14. The summed E-state index contributed by atoms with van der Waals surface area (Å²) >= 11 is 5.00. The van der Waals surface area contributed by atoms with Crippen molar-refractivity contribution in [1.82, 2.24) is 15.2 Å². The van der Waals surface area contributed by atoms with Gasteiger partial charge in [-0.25, -0.2) is 5.10 Å². The van der Waals surface area contributed by atoms with E-state index in [4.69, 9.17) is 5.73 Å². The van der Waals surface area contributed by atoms with Crippen molar-refractivity contribution >= 4 is 33.6 Å². The van der Waals surface area contributed by atoms with E-state index in [9.17, 15) is 0 Å². The average molecular weight is 251 g/mol. The average Bonchev–Trinajstić information content (AvgIpc) is 2.45. The van der Waals surface area contributed by atoms with Gasteiger partial charge in [-0.15, -0.1) is 5.10 Å². The lowest BCUT2D eigenvalue weighted by molar-refractivity contribution is 0.904. The number of aromatic nitrogens is 3. The van der Waals surface area contributed by atoms with E-state index in [-0.39, 0.29) is 0 Å². The molecule has 0 aliphatic rings. The number of aromatic amines is 1. The molecule has 0 atom stereocenters. The summed E-state index contributed by atoms with van der Waals surface area (Å²) in [4.78, 5) is 3.97. The molecule has 0 saturated heterocycles. The third-order valence-electron chi connectivity index (χ3n) is 1.24. The minimum absolute atomic E-state index is 0.387. The number of nitrogen functional groups attached to an aromatic ring is 1. The number of hydrogen-bond donors (Lipinski definition) is 2. The molecular formula is C6H11BrN4S. The van der Waals surface area contributed by atoms with Gasteiger partial charge in [0, 0.05) is 11.1 Å². The molecule has 0 unspecified atom stereocenters. The lowest BCUT2D eigenvalue weighted by atomic mass is 10.4. The standard InChI is InChI=1S/C6H11BrN4S/c7-3-1-2-4-12-6-9-5(8)10-11-6/h1-4H2,(H3,8,9,10,11). The SMILES string of the molecule is Nc1nc(SCCCCBr)n[nH]1. The van der Waals surface area contributed by atoms with Gasteiger partial charge in [-0.05, 0) is 12.8 Å². The maximum absolute atomic E-state index is 5.36. The number of H-pyrrole nitrogens is 1.